The van der Waals surface area contributed by atoms with Crippen LogP contribution in [0.1, 0.15) is 12.8 Å². The van der Waals surface area contributed by atoms with Crippen molar-refractivity contribution >= 4 is 22.4 Å². The summed E-state index contributed by atoms with van der Waals surface area (Å²) in [5.74, 6) is 0. The molecule has 2 aromatic heterocycles. The fraction of sp³-hybridized carbons (Fsp3) is 0.333. The van der Waals surface area contributed by atoms with Crippen LogP contribution in [0.5, 0.6) is 0 Å². The van der Waals surface area contributed by atoms with Crippen molar-refractivity contribution in [2.24, 2.45) is 0 Å². The van der Waals surface area contributed by atoms with Gasteiger partial charge >= 0.3 is 5.69 Å². The Morgan fingerprint density at radius 1 is 1.37 bits per heavy atom. The van der Waals surface area contributed by atoms with Crippen LogP contribution in [0, 0.1) is 10.1 Å². The predicted octanol–water partition coefficient (Wildman–Crippen LogP) is 1.72. The number of hydrogen-bond acceptors (Lipinski definition) is 6. The summed E-state index contributed by atoms with van der Waals surface area (Å²) in [6.45, 7) is 0.649. The Bertz CT molecular complexity index is 588. The van der Waals surface area contributed by atoms with E-state index < -0.39 is 4.92 Å². The Hall–Kier alpha value is -2.28. The van der Waals surface area contributed by atoms with Crippen molar-refractivity contribution < 1.29 is 10.0 Å². The number of fused-ring (bicyclic) bond motifs is 1. The van der Waals surface area contributed by atoms with Crippen molar-refractivity contribution in [1.82, 2.24) is 9.97 Å². The number of unbranched alkanes of at least 4 members (excludes halogenated alkanes) is 1. The monoisotopic (exact) mass is 262 g/mol. The molecule has 0 saturated heterocycles. The molecule has 0 fully saturated rings. The summed E-state index contributed by atoms with van der Waals surface area (Å²) in [5, 5.41) is 22.7. The molecule has 0 amide bonds. The lowest BCUT2D eigenvalue weighted by atomic mass is 10.2. The van der Waals surface area contributed by atoms with Gasteiger partial charge in [-0.15, -0.1) is 0 Å². The zero-order chi connectivity index (χ0) is 13.7. The number of aromatic nitrogens is 2. The number of pyridine rings is 2. The molecule has 0 radical (unpaired) electrons. The summed E-state index contributed by atoms with van der Waals surface area (Å²) in [7, 11) is 0. The molecule has 0 spiro atoms. The van der Waals surface area contributed by atoms with Crippen LogP contribution in [0.3, 0.4) is 0 Å². The molecule has 0 aromatic carbocycles. The van der Waals surface area contributed by atoms with Crippen molar-refractivity contribution in [3.63, 3.8) is 0 Å². The summed E-state index contributed by atoms with van der Waals surface area (Å²) < 4.78 is 0. The first-order chi connectivity index (χ1) is 9.24. The van der Waals surface area contributed by atoms with Gasteiger partial charge in [-0.1, -0.05) is 0 Å². The number of rotatable bonds is 6. The molecule has 100 valence electrons. The molecule has 0 aliphatic rings. The maximum absolute atomic E-state index is 11.0. The average molecular weight is 262 g/mol. The van der Waals surface area contributed by atoms with Gasteiger partial charge in [-0.2, -0.15) is 0 Å². The second-order valence-corrected chi connectivity index (χ2v) is 4.00. The molecule has 0 atom stereocenters. The lowest BCUT2D eigenvalue weighted by Crippen LogP contribution is -2.06. The van der Waals surface area contributed by atoms with E-state index in [4.69, 9.17) is 5.11 Å². The minimum atomic E-state index is -0.477. The third-order valence-corrected chi connectivity index (χ3v) is 2.69. The van der Waals surface area contributed by atoms with E-state index in [9.17, 15) is 10.1 Å². The lowest BCUT2D eigenvalue weighted by molar-refractivity contribution is -0.384. The first kappa shape index (κ1) is 13.2. The average Bonchev–Trinajstić information content (AvgIpc) is 2.43. The zero-order valence-electron chi connectivity index (χ0n) is 10.2. The number of anilines is 1. The van der Waals surface area contributed by atoms with Crippen LogP contribution in [-0.4, -0.2) is 33.1 Å². The Morgan fingerprint density at radius 2 is 2.21 bits per heavy atom. The van der Waals surface area contributed by atoms with E-state index in [1.54, 1.807) is 18.3 Å². The number of nitro groups is 1. The Labute approximate surface area is 109 Å². The topological polar surface area (TPSA) is 101 Å². The molecule has 2 N–H and O–H groups in total. The fourth-order valence-corrected chi connectivity index (χ4v) is 1.77. The molecule has 0 aliphatic heterocycles. The number of aliphatic hydroxyl groups is 1. The van der Waals surface area contributed by atoms with Gasteiger partial charge in [-0.25, -0.2) is 4.98 Å². The van der Waals surface area contributed by atoms with Gasteiger partial charge < -0.3 is 10.4 Å². The Balaban J connectivity index is 2.35. The lowest BCUT2D eigenvalue weighted by Gasteiger charge is -2.08. The van der Waals surface area contributed by atoms with Crippen molar-refractivity contribution in [2.45, 2.75) is 12.8 Å². The molecule has 7 nitrogen and oxygen atoms in total. The SMILES string of the molecule is O=[N+]([O-])c1cnc2cccnc2c1NCCCCO. The van der Waals surface area contributed by atoms with Crippen LogP contribution < -0.4 is 5.32 Å². The van der Waals surface area contributed by atoms with E-state index in [1.807, 2.05) is 0 Å². The van der Waals surface area contributed by atoms with Crippen molar-refractivity contribution in [2.75, 3.05) is 18.5 Å². The molecule has 2 rings (SSSR count). The summed E-state index contributed by atoms with van der Waals surface area (Å²) >= 11 is 0. The van der Waals surface area contributed by atoms with Gasteiger partial charge in [0.25, 0.3) is 0 Å². The van der Waals surface area contributed by atoms with E-state index in [1.165, 1.54) is 6.20 Å². The molecule has 0 aliphatic carbocycles. The van der Waals surface area contributed by atoms with E-state index in [0.29, 0.717) is 29.7 Å². The molecule has 0 bridgehead atoms. The third kappa shape index (κ3) is 2.94. The number of nitrogens with zero attached hydrogens (tertiary/aromatic N) is 3. The Morgan fingerprint density at radius 3 is 2.95 bits per heavy atom. The van der Waals surface area contributed by atoms with E-state index in [-0.39, 0.29) is 12.3 Å². The molecule has 2 aromatic rings. The zero-order valence-corrected chi connectivity index (χ0v) is 10.2. The Kier molecular flexibility index (Phi) is 4.19. The number of hydrogen-bond donors (Lipinski definition) is 2. The smallest absolute Gasteiger partial charge is 0.312 e. The third-order valence-electron chi connectivity index (χ3n) is 2.69. The van der Waals surface area contributed by atoms with Gasteiger partial charge in [-0.05, 0) is 25.0 Å². The predicted molar refractivity (Wildman–Crippen MR) is 71.0 cm³/mol. The van der Waals surface area contributed by atoms with Gasteiger partial charge in [0.1, 0.15) is 17.4 Å². The van der Waals surface area contributed by atoms with Gasteiger partial charge in [0, 0.05) is 19.3 Å². The highest BCUT2D eigenvalue weighted by Gasteiger charge is 2.18. The fourth-order valence-electron chi connectivity index (χ4n) is 1.77. The summed E-state index contributed by atoms with van der Waals surface area (Å²) in [6.07, 6.45) is 4.19. The highest BCUT2D eigenvalue weighted by Crippen LogP contribution is 2.29. The van der Waals surface area contributed by atoms with Crippen LogP contribution in [-0.2, 0) is 0 Å². The first-order valence-corrected chi connectivity index (χ1v) is 5.97. The number of aliphatic hydroxyl groups excluding tert-OH is 1. The van der Waals surface area contributed by atoms with Crippen LogP contribution in [0.25, 0.3) is 11.0 Å². The standard InChI is InChI=1S/C12H14N4O3/c17-7-2-1-5-14-12-10(16(18)19)8-15-9-4-3-6-13-11(9)12/h3-4,6,8,17H,1-2,5,7H2,(H,14,15). The molecule has 0 saturated carbocycles. The van der Waals surface area contributed by atoms with Gasteiger partial charge in [0.2, 0.25) is 0 Å². The van der Waals surface area contributed by atoms with Gasteiger partial charge in [0.05, 0.1) is 10.4 Å². The second-order valence-electron chi connectivity index (χ2n) is 4.00. The van der Waals surface area contributed by atoms with Crippen molar-refractivity contribution in [3.8, 4) is 0 Å². The highest BCUT2D eigenvalue weighted by atomic mass is 16.6. The van der Waals surface area contributed by atoms with Crippen LogP contribution in [0.15, 0.2) is 24.5 Å². The quantitative estimate of drug-likeness (QED) is 0.467. The molecular weight excluding hydrogens is 248 g/mol. The minimum absolute atomic E-state index is 0.0878. The van der Waals surface area contributed by atoms with E-state index >= 15 is 0 Å². The van der Waals surface area contributed by atoms with Crippen LogP contribution in [0.4, 0.5) is 11.4 Å². The van der Waals surface area contributed by atoms with Crippen molar-refractivity contribution in [1.29, 1.82) is 0 Å². The molecule has 19 heavy (non-hydrogen) atoms. The largest absolute Gasteiger partial charge is 0.396 e. The first-order valence-electron chi connectivity index (χ1n) is 5.97. The van der Waals surface area contributed by atoms with Crippen LogP contribution in [0.2, 0.25) is 0 Å². The second kappa shape index (κ2) is 6.05. The normalized spacial score (nSPS) is 10.6. The number of nitrogens with one attached hydrogen (secondary N) is 1. The maximum Gasteiger partial charge on any atom is 0.312 e. The van der Waals surface area contributed by atoms with E-state index in [2.05, 4.69) is 15.3 Å². The molecule has 7 heteroatoms. The summed E-state index contributed by atoms with van der Waals surface area (Å²) in [6, 6.07) is 3.49. The summed E-state index contributed by atoms with van der Waals surface area (Å²) in [4.78, 5) is 18.7. The summed E-state index contributed by atoms with van der Waals surface area (Å²) in [5.41, 5.74) is 1.39. The van der Waals surface area contributed by atoms with E-state index in [0.717, 1.165) is 6.42 Å². The van der Waals surface area contributed by atoms with Crippen molar-refractivity contribution in [3.05, 3.63) is 34.6 Å². The van der Waals surface area contributed by atoms with Gasteiger partial charge in [-0.3, -0.25) is 15.1 Å². The highest BCUT2D eigenvalue weighted by molar-refractivity contribution is 5.92. The molecule has 0 unspecified atom stereocenters. The molecule has 2 heterocycles. The maximum atomic E-state index is 11.0. The van der Waals surface area contributed by atoms with Crippen LogP contribution >= 0.6 is 0 Å². The van der Waals surface area contributed by atoms with Gasteiger partial charge in [0.15, 0.2) is 0 Å². The minimum Gasteiger partial charge on any atom is -0.396 e. The molecular formula is C12H14N4O3.